The van der Waals surface area contributed by atoms with Crippen molar-refractivity contribution >= 4 is 28.8 Å². The Morgan fingerprint density at radius 3 is 2.69 bits per heavy atom. The normalized spacial score (nSPS) is 22.0. The molecule has 2 saturated heterocycles. The maximum absolute atomic E-state index is 15.4. The standard InChI is InChI=1S/C26H37FN8O/c1-15(2)35(16(3)4)26(36)31-22-14-28-32-25(22)21-13-20-24(30-20)17-11-23(18(27)12-19(17)29-21)34-8-6-7-33(5)9-10-34/h11-12,14-16,20,24,30H,6-10,13H2,1-5H3,(H,28,32)(H,31,36)/t20?,24-/m1/s1. The smallest absolute Gasteiger partial charge is 0.322 e. The number of fused-ring (bicyclic) bond motifs is 3. The van der Waals surface area contributed by atoms with Gasteiger partial charge in [-0.25, -0.2) is 9.18 Å². The number of benzene rings is 1. The second-order valence-electron chi connectivity index (χ2n) is 10.7. The predicted octanol–water partition coefficient (Wildman–Crippen LogP) is 3.88. The number of nitrogens with one attached hydrogen (secondary N) is 3. The van der Waals surface area contributed by atoms with Crippen molar-refractivity contribution < 1.29 is 9.18 Å². The zero-order valence-electron chi connectivity index (χ0n) is 21.8. The van der Waals surface area contributed by atoms with Crippen LogP contribution in [0.1, 0.15) is 57.8 Å². The number of aliphatic imine (C=N–C) groups is 1. The molecule has 3 N–H and O–H groups in total. The fourth-order valence-corrected chi connectivity index (χ4v) is 5.50. The maximum Gasteiger partial charge on any atom is 0.322 e. The summed E-state index contributed by atoms with van der Waals surface area (Å²) in [6.45, 7) is 11.6. The van der Waals surface area contributed by atoms with E-state index in [2.05, 4.69) is 37.7 Å². The van der Waals surface area contributed by atoms with Crippen molar-refractivity contribution in [2.24, 2.45) is 4.99 Å². The molecule has 0 radical (unpaired) electrons. The van der Waals surface area contributed by atoms with Crippen LogP contribution < -0.4 is 15.5 Å². The van der Waals surface area contributed by atoms with Gasteiger partial charge in [0.1, 0.15) is 11.5 Å². The summed E-state index contributed by atoms with van der Waals surface area (Å²) >= 11 is 0. The molecule has 2 fully saturated rings. The van der Waals surface area contributed by atoms with Crippen molar-refractivity contribution in [2.75, 3.05) is 43.4 Å². The van der Waals surface area contributed by atoms with Crippen molar-refractivity contribution in [3.05, 3.63) is 35.4 Å². The van der Waals surface area contributed by atoms with E-state index in [0.717, 1.165) is 43.9 Å². The van der Waals surface area contributed by atoms with Crippen LogP contribution in [0.5, 0.6) is 0 Å². The summed E-state index contributed by atoms with van der Waals surface area (Å²) in [5.74, 6) is -0.247. The van der Waals surface area contributed by atoms with Crippen LogP contribution in [0, 0.1) is 5.82 Å². The summed E-state index contributed by atoms with van der Waals surface area (Å²) < 4.78 is 15.4. The zero-order valence-corrected chi connectivity index (χ0v) is 21.8. The Morgan fingerprint density at radius 1 is 1.17 bits per heavy atom. The van der Waals surface area contributed by atoms with Gasteiger partial charge in [0.15, 0.2) is 0 Å². The number of likely N-dealkylation sites (N-methyl/N-ethyl adjacent to an activating group) is 1. The van der Waals surface area contributed by atoms with E-state index in [1.54, 1.807) is 17.2 Å². The molecule has 1 aromatic heterocycles. The molecule has 9 nitrogen and oxygen atoms in total. The van der Waals surface area contributed by atoms with Gasteiger partial charge in [-0.2, -0.15) is 5.10 Å². The SMILES string of the molecule is CC(C)N(C(=O)Nc1cn[nH]c1C1=Nc2cc(F)c(N3CCCN(C)CC3)cc2[C@H]2NC2C1)C(C)C. The summed E-state index contributed by atoms with van der Waals surface area (Å²) in [4.78, 5) is 24.1. The first-order chi connectivity index (χ1) is 17.2. The molecule has 10 heteroatoms. The Bertz CT molecular complexity index is 1150. The number of H-pyrrole nitrogens is 1. The van der Waals surface area contributed by atoms with E-state index in [1.807, 2.05) is 33.8 Å². The molecular weight excluding hydrogens is 459 g/mol. The Balaban J connectivity index is 1.44. The van der Waals surface area contributed by atoms with Crippen molar-refractivity contribution in [3.63, 3.8) is 0 Å². The second-order valence-corrected chi connectivity index (χ2v) is 10.7. The predicted molar refractivity (Wildman–Crippen MR) is 141 cm³/mol. The molecule has 4 heterocycles. The number of anilines is 2. The van der Waals surface area contributed by atoms with E-state index < -0.39 is 0 Å². The highest BCUT2D eigenvalue weighted by Gasteiger charge is 2.43. The lowest BCUT2D eigenvalue weighted by atomic mass is 10.0. The van der Waals surface area contributed by atoms with Gasteiger partial charge < -0.3 is 25.3 Å². The summed E-state index contributed by atoms with van der Waals surface area (Å²) in [5, 5.41) is 13.7. The van der Waals surface area contributed by atoms with E-state index in [0.29, 0.717) is 29.2 Å². The molecule has 3 aliphatic rings. The molecule has 5 rings (SSSR count). The van der Waals surface area contributed by atoms with Crippen LogP contribution in [0.3, 0.4) is 0 Å². The van der Waals surface area contributed by atoms with Crippen molar-refractivity contribution in [1.29, 1.82) is 0 Å². The van der Waals surface area contributed by atoms with Gasteiger partial charge >= 0.3 is 6.03 Å². The van der Waals surface area contributed by atoms with E-state index in [1.165, 1.54) is 0 Å². The molecule has 1 aromatic carbocycles. The molecule has 0 bridgehead atoms. The van der Waals surface area contributed by atoms with Gasteiger partial charge in [-0.1, -0.05) is 0 Å². The van der Waals surface area contributed by atoms with Gasteiger partial charge in [-0.05, 0) is 59.3 Å². The largest absolute Gasteiger partial charge is 0.368 e. The third kappa shape index (κ3) is 4.84. The Hall–Kier alpha value is -2.98. The van der Waals surface area contributed by atoms with Crippen LogP contribution in [0.4, 0.5) is 26.2 Å². The van der Waals surface area contributed by atoms with Crippen LogP contribution in [0.25, 0.3) is 0 Å². The number of carbonyl (C=O) groups is 1. The molecule has 2 amide bonds. The first-order valence-corrected chi connectivity index (χ1v) is 13.0. The van der Waals surface area contributed by atoms with E-state index >= 15 is 4.39 Å². The molecule has 2 atom stereocenters. The van der Waals surface area contributed by atoms with Crippen LogP contribution in [-0.4, -0.2) is 83.1 Å². The second kappa shape index (κ2) is 9.82. The van der Waals surface area contributed by atoms with Crippen LogP contribution in [0.15, 0.2) is 23.3 Å². The number of aromatic nitrogens is 2. The molecule has 0 aliphatic carbocycles. The van der Waals surface area contributed by atoms with Gasteiger partial charge in [-0.3, -0.25) is 10.1 Å². The number of rotatable bonds is 5. The molecule has 0 spiro atoms. The van der Waals surface area contributed by atoms with Crippen molar-refractivity contribution in [3.8, 4) is 0 Å². The highest BCUT2D eigenvalue weighted by Crippen LogP contribution is 2.44. The fraction of sp³-hybridized carbons (Fsp3) is 0.577. The number of aromatic amines is 1. The number of carbonyl (C=O) groups excluding carboxylic acids is 1. The molecule has 0 saturated carbocycles. The molecular formula is C26H37FN8O. The molecule has 36 heavy (non-hydrogen) atoms. The van der Waals surface area contributed by atoms with Crippen LogP contribution in [0.2, 0.25) is 0 Å². The topological polar surface area (TPSA) is 102 Å². The van der Waals surface area contributed by atoms with Gasteiger partial charge in [0.25, 0.3) is 0 Å². The van der Waals surface area contributed by atoms with Gasteiger partial charge in [0, 0.05) is 50.2 Å². The number of hydrogen-bond donors (Lipinski definition) is 3. The minimum atomic E-state index is -0.247. The van der Waals surface area contributed by atoms with Gasteiger partial charge in [0.2, 0.25) is 0 Å². The minimum Gasteiger partial charge on any atom is -0.368 e. The molecule has 194 valence electrons. The number of amides is 2. The summed E-state index contributed by atoms with van der Waals surface area (Å²) in [6, 6.07) is 3.84. The van der Waals surface area contributed by atoms with Gasteiger partial charge in [0.05, 0.1) is 35.0 Å². The fourth-order valence-electron chi connectivity index (χ4n) is 5.50. The lowest BCUT2D eigenvalue weighted by molar-refractivity contribution is 0.178. The summed E-state index contributed by atoms with van der Waals surface area (Å²) in [7, 11) is 2.11. The summed E-state index contributed by atoms with van der Waals surface area (Å²) in [5.41, 5.74) is 4.32. The van der Waals surface area contributed by atoms with Crippen molar-refractivity contribution in [2.45, 2.75) is 64.7 Å². The molecule has 2 aromatic rings. The minimum absolute atomic E-state index is 0.0562. The third-order valence-corrected chi connectivity index (χ3v) is 7.36. The first kappa shape index (κ1) is 24.7. The number of halogens is 1. The first-order valence-electron chi connectivity index (χ1n) is 13.0. The number of hydrogen-bond acceptors (Lipinski definition) is 6. The Morgan fingerprint density at radius 2 is 1.94 bits per heavy atom. The van der Waals surface area contributed by atoms with E-state index in [-0.39, 0.29) is 36.0 Å². The highest BCUT2D eigenvalue weighted by molar-refractivity contribution is 6.08. The number of nitrogens with zero attached hydrogens (tertiary/aromatic N) is 5. The quantitative estimate of drug-likeness (QED) is 0.546. The van der Waals surface area contributed by atoms with Crippen LogP contribution >= 0.6 is 0 Å². The average molecular weight is 497 g/mol. The lowest BCUT2D eigenvalue weighted by Crippen LogP contribution is -2.44. The van der Waals surface area contributed by atoms with Crippen LogP contribution in [-0.2, 0) is 0 Å². The van der Waals surface area contributed by atoms with E-state index in [4.69, 9.17) is 4.99 Å². The zero-order chi connectivity index (χ0) is 25.6. The Labute approximate surface area is 212 Å². The number of urea groups is 1. The Kier molecular flexibility index (Phi) is 6.74. The maximum atomic E-state index is 15.4. The monoisotopic (exact) mass is 496 g/mol. The third-order valence-electron chi connectivity index (χ3n) is 7.36. The van der Waals surface area contributed by atoms with Gasteiger partial charge in [-0.15, -0.1) is 0 Å². The lowest BCUT2D eigenvalue weighted by Gasteiger charge is -2.30. The van der Waals surface area contributed by atoms with E-state index in [9.17, 15) is 4.79 Å². The highest BCUT2D eigenvalue weighted by atomic mass is 19.1. The average Bonchev–Trinajstić information content (AvgIpc) is 3.49. The molecule has 3 aliphatic heterocycles. The van der Waals surface area contributed by atoms with Crippen molar-refractivity contribution in [1.82, 2.24) is 25.3 Å². The summed E-state index contributed by atoms with van der Waals surface area (Å²) in [6.07, 6.45) is 3.28. The molecule has 1 unspecified atom stereocenters.